The van der Waals surface area contributed by atoms with Crippen molar-refractivity contribution in [3.8, 4) is 16.9 Å². The van der Waals surface area contributed by atoms with Crippen LogP contribution in [0.25, 0.3) is 16.9 Å². The summed E-state index contributed by atoms with van der Waals surface area (Å²) in [5.41, 5.74) is 3.55. The van der Waals surface area contributed by atoms with Crippen molar-refractivity contribution in [1.82, 2.24) is 25.1 Å². The number of aromatic amines is 1. The molecule has 4 aromatic rings. The van der Waals surface area contributed by atoms with Gasteiger partial charge in [-0.05, 0) is 42.3 Å². The minimum absolute atomic E-state index is 0.224. The lowest BCUT2D eigenvalue weighted by atomic mass is 10.2. The molecule has 0 aliphatic carbocycles. The number of benzene rings is 1. The van der Waals surface area contributed by atoms with E-state index in [-0.39, 0.29) is 18.1 Å². The number of amides is 2. The largest absolute Gasteiger partial charge is 0.334 e. The molecule has 0 saturated carbocycles. The molecular weight excluding hydrogens is 380 g/mol. The maximum atomic E-state index is 12.8. The van der Waals surface area contributed by atoms with E-state index < -0.39 is 0 Å². The number of carbonyl (C=O) groups excluding carboxylic acids is 1. The predicted octanol–water partition coefficient (Wildman–Crippen LogP) is 3.25. The SMILES string of the molecule is Cc1ccccc1NC(=O)NCc1ccnc(-n2[nH]cc(-c3cccnc3)c2=O)c1. The Bertz CT molecular complexity index is 1230. The summed E-state index contributed by atoms with van der Waals surface area (Å²) in [6.07, 6.45) is 6.52. The van der Waals surface area contributed by atoms with E-state index in [0.29, 0.717) is 11.4 Å². The van der Waals surface area contributed by atoms with Crippen molar-refractivity contribution in [2.45, 2.75) is 13.5 Å². The van der Waals surface area contributed by atoms with Crippen LogP contribution in [-0.2, 0) is 6.54 Å². The number of nitrogens with one attached hydrogen (secondary N) is 3. The van der Waals surface area contributed by atoms with E-state index in [0.717, 1.165) is 22.4 Å². The molecule has 2 amide bonds. The fourth-order valence-corrected chi connectivity index (χ4v) is 3.02. The zero-order valence-corrected chi connectivity index (χ0v) is 16.3. The van der Waals surface area contributed by atoms with Gasteiger partial charge in [0, 0.05) is 42.6 Å². The molecule has 8 nitrogen and oxygen atoms in total. The van der Waals surface area contributed by atoms with Crippen LogP contribution in [0, 0.1) is 6.92 Å². The standard InChI is InChI=1S/C22H20N6O2/c1-15-5-2-3-7-19(15)27-22(30)25-12-16-8-10-24-20(11-16)28-21(29)18(14-26-28)17-6-4-9-23-13-17/h2-11,13-14,26H,12H2,1H3,(H2,25,27,30). The Morgan fingerprint density at radius 3 is 2.80 bits per heavy atom. The van der Waals surface area contributed by atoms with Gasteiger partial charge in [0.05, 0.1) is 5.56 Å². The summed E-state index contributed by atoms with van der Waals surface area (Å²) in [6, 6.07) is 14.4. The molecule has 0 radical (unpaired) electrons. The second-order valence-electron chi connectivity index (χ2n) is 6.71. The molecule has 0 bridgehead atoms. The minimum Gasteiger partial charge on any atom is -0.334 e. The first-order valence-electron chi connectivity index (χ1n) is 9.38. The van der Waals surface area contributed by atoms with Crippen LogP contribution in [0.15, 0.2) is 78.1 Å². The Hall–Kier alpha value is -4.20. The summed E-state index contributed by atoms with van der Waals surface area (Å²) in [7, 11) is 0. The van der Waals surface area contributed by atoms with Crippen molar-refractivity contribution in [2.75, 3.05) is 5.32 Å². The van der Waals surface area contributed by atoms with Gasteiger partial charge in [-0.25, -0.2) is 14.5 Å². The quantitative estimate of drug-likeness (QED) is 0.478. The van der Waals surface area contributed by atoms with Gasteiger partial charge in [0.2, 0.25) is 0 Å². The average Bonchev–Trinajstić information content (AvgIpc) is 3.16. The predicted molar refractivity (Wildman–Crippen MR) is 114 cm³/mol. The molecule has 4 rings (SSSR count). The fraction of sp³-hybridized carbons (Fsp3) is 0.0909. The Balaban J connectivity index is 1.47. The van der Waals surface area contributed by atoms with Gasteiger partial charge in [-0.15, -0.1) is 0 Å². The summed E-state index contributed by atoms with van der Waals surface area (Å²) < 4.78 is 1.36. The van der Waals surface area contributed by atoms with E-state index in [2.05, 4.69) is 25.7 Å². The third-order valence-electron chi connectivity index (χ3n) is 4.63. The zero-order valence-electron chi connectivity index (χ0n) is 16.3. The second-order valence-corrected chi connectivity index (χ2v) is 6.71. The Morgan fingerprint density at radius 2 is 2.00 bits per heavy atom. The Kier molecular flexibility index (Phi) is 5.38. The van der Waals surface area contributed by atoms with E-state index in [4.69, 9.17) is 0 Å². The molecule has 150 valence electrons. The summed E-state index contributed by atoms with van der Waals surface area (Å²) in [4.78, 5) is 33.3. The van der Waals surface area contributed by atoms with Crippen LogP contribution in [0.2, 0.25) is 0 Å². The normalized spacial score (nSPS) is 10.6. The number of aromatic nitrogens is 4. The number of hydrogen-bond acceptors (Lipinski definition) is 4. The zero-order chi connectivity index (χ0) is 20.9. The van der Waals surface area contributed by atoms with E-state index in [1.54, 1.807) is 43.0 Å². The first-order chi connectivity index (χ1) is 14.6. The molecule has 0 aliphatic rings. The first-order valence-corrected chi connectivity index (χ1v) is 9.38. The molecule has 0 atom stereocenters. The van der Waals surface area contributed by atoms with Gasteiger partial charge >= 0.3 is 6.03 Å². The Morgan fingerprint density at radius 1 is 1.13 bits per heavy atom. The van der Waals surface area contributed by atoms with Crippen molar-refractivity contribution in [3.05, 3.63) is 94.8 Å². The molecule has 8 heteroatoms. The molecule has 0 fully saturated rings. The highest BCUT2D eigenvalue weighted by Crippen LogP contribution is 2.15. The molecule has 1 aromatic carbocycles. The molecule has 0 aliphatic heterocycles. The molecule has 3 heterocycles. The monoisotopic (exact) mass is 400 g/mol. The van der Waals surface area contributed by atoms with E-state index in [1.807, 2.05) is 37.3 Å². The molecule has 3 aromatic heterocycles. The molecule has 3 N–H and O–H groups in total. The number of anilines is 1. The summed E-state index contributed by atoms with van der Waals surface area (Å²) in [6.45, 7) is 2.22. The van der Waals surface area contributed by atoms with Crippen molar-refractivity contribution in [2.24, 2.45) is 0 Å². The number of pyridine rings is 2. The van der Waals surface area contributed by atoms with Gasteiger partial charge in [0.1, 0.15) is 0 Å². The van der Waals surface area contributed by atoms with Crippen LogP contribution in [-0.4, -0.2) is 25.8 Å². The highest BCUT2D eigenvalue weighted by Gasteiger charge is 2.11. The minimum atomic E-state index is -0.307. The Labute approximate surface area is 172 Å². The lowest BCUT2D eigenvalue weighted by molar-refractivity contribution is 0.251. The maximum Gasteiger partial charge on any atom is 0.319 e. The average molecular weight is 400 g/mol. The number of carbonyl (C=O) groups is 1. The molecular formula is C22H20N6O2. The van der Waals surface area contributed by atoms with E-state index in [1.165, 1.54) is 4.68 Å². The van der Waals surface area contributed by atoms with Crippen LogP contribution >= 0.6 is 0 Å². The van der Waals surface area contributed by atoms with Gasteiger partial charge in [-0.1, -0.05) is 24.3 Å². The molecule has 0 spiro atoms. The van der Waals surface area contributed by atoms with E-state index in [9.17, 15) is 9.59 Å². The number of nitrogens with zero attached hydrogens (tertiary/aromatic N) is 3. The van der Waals surface area contributed by atoms with Gasteiger partial charge in [-0.2, -0.15) is 0 Å². The van der Waals surface area contributed by atoms with Crippen LogP contribution < -0.4 is 16.2 Å². The summed E-state index contributed by atoms with van der Waals surface area (Å²) >= 11 is 0. The van der Waals surface area contributed by atoms with Gasteiger partial charge in [0.15, 0.2) is 5.82 Å². The second kappa shape index (κ2) is 8.44. The fourth-order valence-electron chi connectivity index (χ4n) is 3.02. The topological polar surface area (TPSA) is 105 Å². The van der Waals surface area contributed by atoms with Gasteiger partial charge in [0.25, 0.3) is 5.56 Å². The van der Waals surface area contributed by atoms with Crippen molar-refractivity contribution < 1.29 is 4.79 Å². The molecule has 0 unspecified atom stereocenters. The number of hydrogen-bond donors (Lipinski definition) is 3. The van der Waals surface area contributed by atoms with Crippen molar-refractivity contribution in [3.63, 3.8) is 0 Å². The van der Waals surface area contributed by atoms with Crippen LogP contribution in [0.3, 0.4) is 0 Å². The molecule has 30 heavy (non-hydrogen) atoms. The summed E-state index contributed by atoms with van der Waals surface area (Å²) in [5.74, 6) is 0.439. The number of aryl methyl sites for hydroxylation is 1. The lowest BCUT2D eigenvalue weighted by Crippen LogP contribution is -2.28. The molecule has 0 saturated heterocycles. The summed E-state index contributed by atoms with van der Waals surface area (Å²) in [5, 5.41) is 8.57. The number of urea groups is 1. The maximum absolute atomic E-state index is 12.8. The number of rotatable bonds is 5. The number of para-hydroxylation sites is 1. The lowest BCUT2D eigenvalue weighted by Gasteiger charge is -2.10. The van der Waals surface area contributed by atoms with Crippen LogP contribution in [0.5, 0.6) is 0 Å². The van der Waals surface area contributed by atoms with Gasteiger partial charge in [-0.3, -0.25) is 14.9 Å². The van der Waals surface area contributed by atoms with Crippen LogP contribution in [0.1, 0.15) is 11.1 Å². The van der Waals surface area contributed by atoms with Gasteiger partial charge < -0.3 is 10.6 Å². The van der Waals surface area contributed by atoms with Crippen LogP contribution in [0.4, 0.5) is 10.5 Å². The smallest absolute Gasteiger partial charge is 0.319 e. The van der Waals surface area contributed by atoms with Crippen molar-refractivity contribution >= 4 is 11.7 Å². The number of H-pyrrole nitrogens is 1. The highest BCUT2D eigenvalue weighted by atomic mass is 16.2. The first kappa shape index (κ1) is 19.1. The third-order valence-corrected chi connectivity index (χ3v) is 4.63. The third kappa shape index (κ3) is 4.12. The van der Waals surface area contributed by atoms with Crippen molar-refractivity contribution in [1.29, 1.82) is 0 Å². The van der Waals surface area contributed by atoms with E-state index >= 15 is 0 Å². The highest BCUT2D eigenvalue weighted by molar-refractivity contribution is 5.89.